The van der Waals surface area contributed by atoms with Crippen LogP contribution in [-0.4, -0.2) is 104 Å². The minimum absolute atomic E-state index is 0.0171. The van der Waals surface area contributed by atoms with Gasteiger partial charge in [0.1, 0.15) is 24.2 Å². The van der Waals surface area contributed by atoms with Crippen LogP contribution < -0.4 is 30.9 Å². The van der Waals surface area contributed by atoms with Gasteiger partial charge in [-0.3, -0.25) is 19.2 Å². The molecule has 0 aliphatic heterocycles. The summed E-state index contributed by atoms with van der Waals surface area (Å²) in [7, 11) is -0.483. The maximum Gasteiger partial charge on any atom is 0.326 e. The van der Waals surface area contributed by atoms with Crippen molar-refractivity contribution in [3.8, 4) is 0 Å². The van der Waals surface area contributed by atoms with Crippen molar-refractivity contribution < 1.29 is 37.5 Å². The maximum absolute atomic E-state index is 13.3. The first kappa shape index (κ1) is 39.8. The summed E-state index contributed by atoms with van der Waals surface area (Å²) in [5.74, 6) is -4.57. The number of amides is 4. The highest BCUT2D eigenvalue weighted by atomic mass is 32.2. The number of carboxylic acids is 1. The zero-order valence-electron chi connectivity index (χ0n) is 28.4. The first-order chi connectivity index (χ1) is 23.5. The predicted molar refractivity (Wildman–Crippen MR) is 190 cm³/mol. The second-order valence-electron chi connectivity index (χ2n) is 12.3. The molecule has 0 aliphatic carbocycles. The van der Waals surface area contributed by atoms with E-state index in [1.807, 2.05) is 38.9 Å². The molecule has 0 unspecified atom stereocenters. The van der Waals surface area contributed by atoms with Crippen molar-refractivity contribution in [2.45, 2.75) is 62.7 Å². The molecule has 50 heavy (non-hydrogen) atoms. The second-order valence-corrected chi connectivity index (χ2v) is 14.4. The van der Waals surface area contributed by atoms with E-state index in [1.165, 1.54) is 25.5 Å². The van der Waals surface area contributed by atoms with E-state index in [0.29, 0.717) is 16.5 Å². The number of rotatable bonds is 18. The smallest absolute Gasteiger partial charge is 0.326 e. The standard InChI is InChI=1S/C32H44N8O8S2/c1-18(2)12-24(32(45)46)39-29(42)19(3)36-30(43)23(13-20-14-33-17-34-20)38-31(44)25(16-49)37-28(41)15-35-50(47,48)27-11-7-8-21-22(27)9-6-10-26(21)40(4)5/h6-11,14,17-19,23-25,35,49H,12-13,15-16H2,1-5H3,(H,33,34)(H,36,43)(H,37,41)(H,38,44)(H,39,42)(H,45,46)/t19-,23-,24-,25-/m0/s1. The number of nitrogens with zero attached hydrogens (tertiary/aromatic N) is 2. The average Bonchev–Trinajstić information content (AvgIpc) is 3.57. The molecule has 0 saturated carbocycles. The number of aromatic nitrogens is 2. The molecule has 4 atom stereocenters. The third-order valence-electron chi connectivity index (χ3n) is 7.57. The summed E-state index contributed by atoms with van der Waals surface area (Å²) in [6, 6.07) is 5.22. The lowest BCUT2D eigenvalue weighted by atomic mass is 10.0. The number of benzene rings is 2. The third-order valence-corrected chi connectivity index (χ3v) is 9.40. The molecule has 4 amide bonds. The Morgan fingerprint density at radius 2 is 1.52 bits per heavy atom. The summed E-state index contributed by atoms with van der Waals surface area (Å²) in [5, 5.41) is 20.5. The number of carboxylic acid groups (broad SMARTS) is 1. The molecule has 0 radical (unpaired) electrons. The van der Waals surface area contributed by atoms with E-state index in [-0.39, 0.29) is 29.4 Å². The van der Waals surface area contributed by atoms with Crippen LogP contribution in [0.25, 0.3) is 10.8 Å². The minimum Gasteiger partial charge on any atom is -0.480 e. The molecule has 0 bridgehead atoms. The summed E-state index contributed by atoms with van der Waals surface area (Å²) in [6.45, 7) is 4.29. The van der Waals surface area contributed by atoms with Crippen molar-refractivity contribution in [3.63, 3.8) is 0 Å². The topological polar surface area (TPSA) is 232 Å². The van der Waals surface area contributed by atoms with Gasteiger partial charge in [0, 0.05) is 54.6 Å². The van der Waals surface area contributed by atoms with Crippen LogP contribution in [0.1, 0.15) is 32.9 Å². The van der Waals surface area contributed by atoms with E-state index in [9.17, 15) is 37.5 Å². The number of imidazole rings is 1. The predicted octanol–water partition coefficient (Wildman–Crippen LogP) is 0.170. The van der Waals surface area contributed by atoms with Crippen molar-refractivity contribution >= 4 is 68.7 Å². The SMILES string of the molecule is CC(C)C[C@H](NC(=O)[C@H](C)NC(=O)[C@H](Cc1cnc[nH]1)NC(=O)[C@H](CS)NC(=O)CNS(=O)(=O)c1cccc2c(N(C)C)cccc12)C(=O)O. The molecular formula is C32H44N8O8S2. The number of sulfonamides is 1. The number of anilines is 1. The van der Waals surface area contributed by atoms with Gasteiger partial charge in [0.15, 0.2) is 0 Å². The van der Waals surface area contributed by atoms with E-state index in [1.54, 1.807) is 24.3 Å². The van der Waals surface area contributed by atoms with Crippen LogP contribution in [-0.2, 0) is 40.4 Å². The number of carbonyl (C=O) groups excluding carboxylic acids is 4. The van der Waals surface area contributed by atoms with E-state index in [0.717, 1.165) is 5.69 Å². The number of H-pyrrole nitrogens is 1. The Hall–Kier alpha value is -4.68. The second kappa shape index (κ2) is 17.8. The van der Waals surface area contributed by atoms with Gasteiger partial charge in [-0.2, -0.15) is 12.6 Å². The van der Waals surface area contributed by atoms with Gasteiger partial charge < -0.3 is 36.3 Å². The summed E-state index contributed by atoms with van der Waals surface area (Å²) < 4.78 is 28.8. The van der Waals surface area contributed by atoms with Gasteiger partial charge in [-0.15, -0.1) is 0 Å². The zero-order valence-corrected chi connectivity index (χ0v) is 30.1. The fourth-order valence-electron chi connectivity index (χ4n) is 5.03. The molecule has 272 valence electrons. The van der Waals surface area contributed by atoms with E-state index in [4.69, 9.17) is 0 Å². The van der Waals surface area contributed by atoms with Crippen molar-refractivity contribution in [1.82, 2.24) is 36.0 Å². The zero-order chi connectivity index (χ0) is 37.2. The molecule has 16 nitrogen and oxygen atoms in total. The normalized spacial score (nSPS) is 13.9. The quantitative estimate of drug-likeness (QED) is 0.0827. The minimum atomic E-state index is -4.16. The molecule has 3 rings (SSSR count). The third kappa shape index (κ3) is 10.9. The van der Waals surface area contributed by atoms with Gasteiger partial charge in [-0.25, -0.2) is 22.9 Å². The van der Waals surface area contributed by atoms with Gasteiger partial charge in [0.05, 0.1) is 17.8 Å². The fraction of sp³-hybridized carbons (Fsp3) is 0.438. The molecule has 2 aromatic carbocycles. The summed E-state index contributed by atoms with van der Waals surface area (Å²) in [5.41, 5.74) is 1.28. The van der Waals surface area contributed by atoms with Crippen molar-refractivity contribution in [2.24, 2.45) is 5.92 Å². The monoisotopic (exact) mass is 732 g/mol. The Balaban J connectivity index is 1.67. The number of nitrogens with one attached hydrogen (secondary N) is 6. The van der Waals surface area contributed by atoms with Crippen LogP contribution >= 0.6 is 12.6 Å². The molecule has 7 N–H and O–H groups in total. The highest BCUT2D eigenvalue weighted by Crippen LogP contribution is 2.30. The average molecular weight is 733 g/mol. The van der Waals surface area contributed by atoms with Gasteiger partial charge in [-0.05, 0) is 31.4 Å². The lowest BCUT2D eigenvalue weighted by molar-refractivity contribution is -0.142. The van der Waals surface area contributed by atoms with Gasteiger partial charge >= 0.3 is 5.97 Å². The van der Waals surface area contributed by atoms with Crippen LogP contribution in [0.2, 0.25) is 0 Å². The molecule has 3 aromatic rings. The van der Waals surface area contributed by atoms with Crippen molar-refractivity contribution in [3.05, 3.63) is 54.6 Å². The molecule has 1 heterocycles. The van der Waals surface area contributed by atoms with Crippen LogP contribution in [0.5, 0.6) is 0 Å². The number of aliphatic carboxylic acids is 1. The highest BCUT2D eigenvalue weighted by Gasteiger charge is 2.30. The van der Waals surface area contributed by atoms with Gasteiger partial charge in [0.25, 0.3) is 0 Å². The van der Waals surface area contributed by atoms with Crippen molar-refractivity contribution in [1.29, 1.82) is 0 Å². The Morgan fingerprint density at radius 3 is 2.12 bits per heavy atom. The summed E-state index contributed by atoms with van der Waals surface area (Å²) in [6.07, 6.45) is 2.91. The van der Waals surface area contributed by atoms with Crippen LogP contribution in [0.15, 0.2) is 53.8 Å². The largest absolute Gasteiger partial charge is 0.480 e. The lowest BCUT2D eigenvalue weighted by Crippen LogP contribution is -2.58. The highest BCUT2D eigenvalue weighted by molar-refractivity contribution is 7.89. The Kier molecular flexibility index (Phi) is 14.2. The number of hydrogen-bond donors (Lipinski definition) is 8. The van der Waals surface area contributed by atoms with Crippen LogP contribution in [0.4, 0.5) is 5.69 Å². The summed E-state index contributed by atoms with van der Waals surface area (Å²) >= 11 is 4.16. The van der Waals surface area contributed by atoms with Crippen LogP contribution in [0, 0.1) is 5.92 Å². The summed E-state index contributed by atoms with van der Waals surface area (Å²) in [4.78, 5) is 72.4. The number of hydrogen-bond acceptors (Lipinski definition) is 10. The number of fused-ring (bicyclic) bond motifs is 1. The Morgan fingerprint density at radius 1 is 0.880 bits per heavy atom. The molecule has 0 saturated heterocycles. The molecule has 18 heteroatoms. The Labute approximate surface area is 296 Å². The first-order valence-electron chi connectivity index (χ1n) is 15.7. The maximum atomic E-state index is 13.3. The van der Waals surface area contributed by atoms with Gasteiger partial charge in [0.2, 0.25) is 33.7 Å². The fourth-order valence-corrected chi connectivity index (χ4v) is 6.49. The molecule has 0 aliphatic rings. The molecule has 1 aromatic heterocycles. The first-order valence-corrected chi connectivity index (χ1v) is 17.9. The lowest BCUT2D eigenvalue weighted by Gasteiger charge is -2.24. The van der Waals surface area contributed by atoms with E-state index >= 15 is 0 Å². The number of thiol groups is 1. The Bertz CT molecular complexity index is 1780. The van der Waals surface area contributed by atoms with Crippen molar-refractivity contribution in [2.75, 3.05) is 31.3 Å². The number of carbonyl (C=O) groups is 5. The molecular weight excluding hydrogens is 689 g/mol. The van der Waals surface area contributed by atoms with Gasteiger partial charge in [-0.1, -0.05) is 38.1 Å². The van der Waals surface area contributed by atoms with Crippen LogP contribution in [0.3, 0.4) is 0 Å². The van der Waals surface area contributed by atoms with E-state index < -0.39 is 70.3 Å². The number of aromatic amines is 1. The molecule has 0 fully saturated rings. The van der Waals surface area contributed by atoms with E-state index in [2.05, 4.69) is 48.6 Å². The molecule has 0 spiro atoms.